The number of nitrogens with one attached hydrogen (secondary N) is 3. The van der Waals surface area contributed by atoms with Crippen LogP contribution < -0.4 is 16.0 Å². The van der Waals surface area contributed by atoms with Gasteiger partial charge in [0.2, 0.25) is 35.4 Å². The summed E-state index contributed by atoms with van der Waals surface area (Å²) in [6, 6.07) is 66.3. The van der Waals surface area contributed by atoms with E-state index in [-0.39, 0.29) is 217 Å². The Kier molecular flexibility index (Phi) is 35.8. The van der Waals surface area contributed by atoms with E-state index in [2.05, 4.69) is 22.0 Å². The maximum absolute atomic E-state index is 12.9. The molecule has 3 aliphatic rings. The van der Waals surface area contributed by atoms with E-state index in [0.717, 1.165) is 55.6 Å². The highest BCUT2D eigenvalue weighted by molar-refractivity contribution is 5.99. The monoisotopic (exact) mass is 2030 g/mol. The number of aromatic hydroxyl groups is 24. The standard InChI is InChI=1S/C20H22N2O6.2C20H18O4.C19H20N2O6.C18H18N2O6.C16H18O4/c1-21-13(7-11-3-5-15(23)17(25)9-11)20(28)22(2)14(19(21)27)8-12-4-6-16(24)18(26)10-12;21-17-7-5-15(11-19(17)23)9-13-1-2-14(4-3-13)10-16-6-8-18(22)20(24)12-16;21-17-6-4-15(11-19(17)23)9-13-2-1-3-14(8-13)10-16-5-7-18(22)20(24)12-16;22-14-5-3-11(8-16(14)24)9-18(26)21-7-1-2-13(21)19(27)20-12-4-6-15(23)17(25)10-12;21-13-3-1-9(7-15(13)23)5-11-17(25)20-12(18(26)19-11)6-10-2-4-14(22)16(24)8-10;1-9(11-3-5-13(17)15(19)7-11)10(2)12-4-6-14(18)16(20)8-12/h3-6,9-10,13-14,23-26H,7-8H2,1-2H3;2*1-8,11-12,21-24H,9-10H2;3-6,8,10,13,22-25H,1-2,7,9H2,(H,20,27);1-4,7-8,11-12,21-24H,5-6H2,(H,19,26)(H,20,25);3-10,17-20H,1-2H3. The first-order valence-corrected chi connectivity index (χ1v) is 46.8. The highest BCUT2D eigenvalue weighted by Gasteiger charge is 2.43. The van der Waals surface area contributed by atoms with Crippen LogP contribution in [0.5, 0.6) is 138 Å². The Morgan fingerprint density at radius 1 is 0.289 bits per heavy atom. The number of phenols is 24. The van der Waals surface area contributed by atoms with Crippen LogP contribution in [-0.2, 0) is 86.6 Å². The Bertz CT molecular complexity index is 6790. The van der Waals surface area contributed by atoms with Gasteiger partial charge in [-0.3, -0.25) is 28.8 Å². The Morgan fingerprint density at radius 2 is 0.537 bits per heavy atom. The zero-order valence-corrected chi connectivity index (χ0v) is 81.0. The van der Waals surface area contributed by atoms with Crippen molar-refractivity contribution in [3.8, 4) is 138 Å². The summed E-state index contributed by atoms with van der Waals surface area (Å²) in [5.41, 5.74) is 13.0. The summed E-state index contributed by atoms with van der Waals surface area (Å²) in [5, 5.41) is 235. The molecule has 0 saturated carbocycles. The number of rotatable bonds is 23. The lowest BCUT2D eigenvalue weighted by molar-refractivity contribution is -0.158. The average molecular weight is 2040 g/mol. The molecular formula is C113H114N6O30. The van der Waals surface area contributed by atoms with Crippen molar-refractivity contribution >= 4 is 41.1 Å². The van der Waals surface area contributed by atoms with Crippen molar-refractivity contribution in [2.45, 2.75) is 127 Å². The molecule has 3 saturated heterocycles. The second-order valence-electron chi connectivity index (χ2n) is 36.3. The molecule has 3 fully saturated rings. The van der Waals surface area contributed by atoms with Crippen LogP contribution in [0.15, 0.2) is 267 Å². The molecule has 3 aliphatic heterocycles. The minimum Gasteiger partial charge on any atom is -0.504 e. The lowest BCUT2D eigenvalue weighted by Crippen LogP contribution is -2.63. The molecule has 27 N–H and O–H groups in total. The highest BCUT2D eigenvalue weighted by atomic mass is 16.3. The van der Waals surface area contributed by atoms with E-state index in [9.17, 15) is 151 Å². The number of phenolic OH excluding ortho intramolecular Hbond substituents is 24. The number of benzene rings is 14. The number of carbonyl (C=O) groups is 6. The third kappa shape index (κ3) is 29.2. The van der Waals surface area contributed by atoms with E-state index >= 15 is 0 Å². The lowest BCUT2D eigenvalue weighted by atomic mass is 9.84. The van der Waals surface area contributed by atoms with E-state index < -0.39 is 30.2 Å². The first-order chi connectivity index (χ1) is 70.8. The topological polar surface area (TPSA) is 634 Å². The van der Waals surface area contributed by atoms with Crippen molar-refractivity contribution in [2.24, 2.45) is 0 Å². The van der Waals surface area contributed by atoms with Crippen LogP contribution in [0.3, 0.4) is 0 Å². The molecule has 0 aliphatic carbocycles. The Hall–Kier alpha value is -18.9. The van der Waals surface area contributed by atoms with Crippen LogP contribution in [0.1, 0.15) is 122 Å². The Balaban J connectivity index is 0.000000159. The van der Waals surface area contributed by atoms with Gasteiger partial charge >= 0.3 is 0 Å². The second-order valence-corrected chi connectivity index (χ2v) is 36.3. The van der Waals surface area contributed by atoms with Crippen molar-refractivity contribution in [1.29, 1.82) is 0 Å². The quantitative estimate of drug-likeness (QED) is 0.0209. The maximum atomic E-state index is 12.9. The van der Waals surface area contributed by atoms with Crippen LogP contribution in [0, 0.1) is 0 Å². The molecular weight excluding hydrogens is 1920 g/mol. The summed E-state index contributed by atoms with van der Waals surface area (Å²) in [4.78, 5) is 79.8. The van der Waals surface area contributed by atoms with Gasteiger partial charge in [0, 0.05) is 58.1 Å². The van der Waals surface area contributed by atoms with Crippen LogP contribution in [-0.4, -0.2) is 224 Å². The SMILES string of the molecule is CC(c1ccc(O)c(O)c1)C(C)c1ccc(O)c(O)c1.CN1C(=O)C(Cc2ccc(O)c(O)c2)N(C)C(=O)C1Cc1ccc(O)c(O)c1.O=C(Nc1ccc(O)c(O)c1)C1CCCN1C(=O)Cc1ccc(O)c(O)c1.O=C1NC(Cc2ccc(O)c(O)c2)C(=O)NC1Cc1ccc(O)c(O)c1.Oc1ccc(Cc2ccc(Cc3ccc(O)c(O)c3)cc2)cc1O.Oc1ccc(Cc2cccc(Cc3ccc(O)c(O)c3)c2)cc1O. The third-order valence-electron chi connectivity index (χ3n) is 25.5. The van der Waals surface area contributed by atoms with Crippen molar-refractivity contribution < 1.29 is 151 Å². The molecule has 14 aromatic rings. The number of piperazine rings is 2. The molecule has 7 unspecified atom stereocenters. The first-order valence-electron chi connectivity index (χ1n) is 46.8. The van der Waals surface area contributed by atoms with E-state index in [1.807, 2.05) is 56.3 Å². The fourth-order valence-corrected chi connectivity index (χ4v) is 16.8. The molecule has 776 valence electrons. The molecule has 0 aromatic heterocycles. The van der Waals surface area contributed by atoms with Gasteiger partial charge in [0.1, 0.15) is 30.2 Å². The largest absolute Gasteiger partial charge is 0.504 e. The van der Waals surface area contributed by atoms with Gasteiger partial charge in [0.15, 0.2) is 138 Å². The minimum absolute atomic E-state index is 0.00236. The molecule has 3 heterocycles. The number of likely N-dealkylation sites (tertiary alicyclic amines) is 1. The zero-order chi connectivity index (χ0) is 108. The van der Waals surface area contributed by atoms with Crippen LogP contribution >= 0.6 is 0 Å². The number of amides is 6. The van der Waals surface area contributed by atoms with Crippen LogP contribution in [0.2, 0.25) is 0 Å². The number of nitrogens with zero attached hydrogens (tertiary/aromatic N) is 3. The van der Waals surface area contributed by atoms with Crippen LogP contribution in [0.4, 0.5) is 5.69 Å². The molecule has 0 spiro atoms. The first kappa shape index (κ1) is 109. The van der Waals surface area contributed by atoms with Gasteiger partial charge in [-0.2, -0.15) is 0 Å². The third-order valence-corrected chi connectivity index (χ3v) is 25.5. The number of carbonyl (C=O) groups excluding carboxylic acids is 6. The van der Waals surface area contributed by atoms with Gasteiger partial charge in [0.25, 0.3) is 0 Å². The highest BCUT2D eigenvalue weighted by Crippen LogP contribution is 2.42. The summed E-state index contributed by atoms with van der Waals surface area (Å²) >= 11 is 0. The van der Waals surface area contributed by atoms with Crippen molar-refractivity contribution in [3.63, 3.8) is 0 Å². The molecule has 149 heavy (non-hydrogen) atoms. The summed E-state index contributed by atoms with van der Waals surface area (Å²) in [6.07, 6.45) is 4.53. The van der Waals surface area contributed by atoms with Gasteiger partial charge < -0.3 is 153 Å². The van der Waals surface area contributed by atoms with E-state index in [1.54, 1.807) is 99.0 Å². The molecule has 14 aromatic carbocycles. The molecule has 36 heteroatoms. The molecule has 36 nitrogen and oxygen atoms in total. The summed E-state index contributed by atoms with van der Waals surface area (Å²) < 4.78 is 0. The van der Waals surface area contributed by atoms with Crippen molar-refractivity contribution in [1.82, 2.24) is 25.3 Å². The second kappa shape index (κ2) is 48.9. The minimum atomic E-state index is -0.795. The number of likely N-dealkylation sites (N-methyl/N-ethyl adjacent to an activating group) is 2. The summed E-state index contributed by atoms with van der Waals surface area (Å²) in [6.45, 7) is 4.45. The predicted octanol–water partition coefficient (Wildman–Crippen LogP) is 13.7. The fraction of sp³-hybridized carbons (Fsp3) is 0.204. The van der Waals surface area contributed by atoms with Gasteiger partial charge in [-0.15, -0.1) is 0 Å². The van der Waals surface area contributed by atoms with Crippen molar-refractivity contribution in [3.05, 3.63) is 350 Å². The van der Waals surface area contributed by atoms with E-state index in [0.29, 0.717) is 78.6 Å². The fourth-order valence-electron chi connectivity index (χ4n) is 16.8. The smallest absolute Gasteiger partial charge is 0.247 e. The lowest BCUT2D eigenvalue weighted by Gasteiger charge is -2.42. The zero-order valence-electron chi connectivity index (χ0n) is 81.0. The van der Waals surface area contributed by atoms with Crippen molar-refractivity contribution in [2.75, 3.05) is 26.0 Å². The molecule has 0 bridgehead atoms. The molecule has 0 radical (unpaired) electrons. The normalized spacial score (nSPS) is 15.4. The number of hydrogen-bond acceptors (Lipinski definition) is 30. The summed E-state index contributed by atoms with van der Waals surface area (Å²) in [5.74, 6) is -6.64. The van der Waals surface area contributed by atoms with Gasteiger partial charge in [-0.25, -0.2) is 0 Å². The molecule has 17 rings (SSSR count). The van der Waals surface area contributed by atoms with E-state index in [4.69, 9.17) is 0 Å². The van der Waals surface area contributed by atoms with Crippen LogP contribution in [0.25, 0.3) is 0 Å². The van der Waals surface area contributed by atoms with E-state index in [1.165, 1.54) is 148 Å². The average Bonchev–Trinajstić information content (AvgIpc) is 1.34. The predicted molar refractivity (Wildman–Crippen MR) is 547 cm³/mol. The molecule has 6 amide bonds. The van der Waals surface area contributed by atoms with Gasteiger partial charge in [-0.05, 0) is 279 Å². The van der Waals surface area contributed by atoms with Gasteiger partial charge in [0.05, 0.1) is 6.42 Å². The summed E-state index contributed by atoms with van der Waals surface area (Å²) in [7, 11) is 3.11. The molecule has 7 atom stereocenters. The maximum Gasteiger partial charge on any atom is 0.247 e. The Labute approximate surface area is 854 Å². The number of hydrogen-bond donors (Lipinski definition) is 27. The number of anilines is 1. The van der Waals surface area contributed by atoms with Gasteiger partial charge in [-0.1, -0.05) is 129 Å². The Morgan fingerprint density at radius 3 is 0.846 bits per heavy atom.